The third kappa shape index (κ3) is 3.99. The van der Waals surface area contributed by atoms with Gasteiger partial charge in [0.2, 0.25) is 0 Å². The zero-order chi connectivity index (χ0) is 15.3. The Kier molecular flexibility index (Phi) is 5.15. The van der Waals surface area contributed by atoms with Gasteiger partial charge in [-0.2, -0.15) is 5.26 Å². The zero-order valence-electron chi connectivity index (χ0n) is 12.7. The molecule has 2 atom stereocenters. The summed E-state index contributed by atoms with van der Waals surface area (Å²) in [4.78, 5) is 12.1. The van der Waals surface area contributed by atoms with Gasteiger partial charge in [0.25, 0.3) is 5.91 Å². The van der Waals surface area contributed by atoms with Crippen molar-refractivity contribution in [3.63, 3.8) is 0 Å². The second kappa shape index (κ2) is 6.42. The topological polar surface area (TPSA) is 62.1 Å². The number of rotatable bonds is 5. The monoisotopic (exact) mass is 274 g/mol. The predicted molar refractivity (Wildman–Crippen MR) is 78.3 cm³/mol. The van der Waals surface area contributed by atoms with Crippen molar-refractivity contribution in [1.29, 1.82) is 5.26 Å². The number of ether oxygens (including phenoxy) is 1. The zero-order valence-corrected chi connectivity index (χ0v) is 12.7. The van der Waals surface area contributed by atoms with E-state index in [2.05, 4.69) is 11.4 Å². The van der Waals surface area contributed by atoms with Crippen LogP contribution in [-0.4, -0.2) is 17.6 Å². The van der Waals surface area contributed by atoms with Crippen LogP contribution in [0.3, 0.4) is 0 Å². The molecule has 1 rings (SSSR count). The molecule has 4 heteroatoms. The molecule has 0 aliphatic carbocycles. The summed E-state index contributed by atoms with van der Waals surface area (Å²) >= 11 is 0. The molecular formula is C16H22N2O2. The van der Waals surface area contributed by atoms with E-state index in [0.717, 1.165) is 5.56 Å². The van der Waals surface area contributed by atoms with Crippen molar-refractivity contribution in [3.05, 3.63) is 29.8 Å². The lowest BCUT2D eigenvalue weighted by molar-refractivity contribution is -0.128. The Morgan fingerprint density at radius 2 is 1.85 bits per heavy atom. The van der Waals surface area contributed by atoms with Gasteiger partial charge in [-0.15, -0.1) is 0 Å². The number of carbonyl (C=O) groups is 1. The van der Waals surface area contributed by atoms with Crippen LogP contribution in [0.15, 0.2) is 24.3 Å². The number of hydrogen-bond donors (Lipinski definition) is 1. The van der Waals surface area contributed by atoms with Crippen LogP contribution in [0.5, 0.6) is 5.75 Å². The number of nitrogens with one attached hydrogen (secondary N) is 1. The van der Waals surface area contributed by atoms with E-state index in [1.165, 1.54) is 0 Å². The molecule has 0 aliphatic rings. The average molecular weight is 274 g/mol. The van der Waals surface area contributed by atoms with Crippen molar-refractivity contribution in [1.82, 2.24) is 5.32 Å². The minimum atomic E-state index is -0.887. The van der Waals surface area contributed by atoms with Gasteiger partial charge in [0, 0.05) is 0 Å². The van der Waals surface area contributed by atoms with Crippen LogP contribution in [0.25, 0.3) is 0 Å². The maximum Gasteiger partial charge on any atom is 0.262 e. The van der Waals surface area contributed by atoms with Crippen molar-refractivity contribution in [3.8, 4) is 11.8 Å². The van der Waals surface area contributed by atoms with Crippen molar-refractivity contribution in [2.45, 2.75) is 46.3 Å². The van der Waals surface area contributed by atoms with E-state index in [1.807, 2.05) is 45.0 Å². The molecule has 0 fully saturated rings. The van der Waals surface area contributed by atoms with Crippen LogP contribution in [0.4, 0.5) is 0 Å². The second-order valence-corrected chi connectivity index (χ2v) is 5.53. The Balaban J connectivity index is 2.68. The Hall–Kier alpha value is -2.02. The number of hydrogen-bond acceptors (Lipinski definition) is 3. The summed E-state index contributed by atoms with van der Waals surface area (Å²) in [7, 11) is 0. The lowest BCUT2D eigenvalue weighted by Crippen LogP contribution is -2.52. The summed E-state index contributed by atoms with van der Waals surface area (Å²) in [5.74, 6) is 0.368. The summed E-state index contributed by atoms with van der Waals surface area (Å²) in [5, 5.41) is 11.9. The van der Waals surface area contributed by atoms with E-state index >= 15 is 0 Å². The lowest BCUT2D eigenvalue weighted by Gasteiger charge is -2.28. The molecular weight excluding hydrogens is 252 g/mol. The summed E-state index contributed by atoms with van der Waals surface area (Å²) in [6, 6.07) is 9.64. The van der Waals surface area contributed by atoms with Gasteiger partial charge in [-0.05, 0) is 38.8 Å². The molecule has 1 amide bonds. The van der Waals surface area contributed by atoms with E-state index < -0.39 is 11.6 Å². The highest BCUT2D eigenvalue weighted by Gasteiger charge is 2.32. The van der Waals surface area contributed by atoms with Crippen LogP contribution in [0.1, 0.15) is 33.3 Å². The Morgan fingerprint density at radius 1 is 1.30 bits per heavy atom. The molecule has 0 aromatic heterocycles. The Morgan fingerprint density at radius 3 is 2.30 bits per heavy atom. The molecule has 0 heterocycles. The first-order valence-electron chi connectivity index (χ1n) is 6.75. The highest BCUT2D eigenvalue weighted by Crippen LogP contribution is 2.17. The van der Waals surface area contributed by atoms with Crippen LogP contribution in [0, 0.1) is 24.2 Å². The number of aryl methyl sites for hydroxylation is 1. The molecule has 0 saturated carbocycles. The molecule has 0 saturated heterocycles. The third-order valence-electron chi connectivity index (χ3n) is 3.47. The fourth-order valence-corrected chi connectivity index (χ4v) is 1.53. The Bertz CT molecular complexity index is 502. The van der Waals surface area contributed by atoms with Gasteiger partial charge >= 0.3 is 0 Å². The van der Waals surface area contributed by atoms with Crippen LogP contribution < -0.4 is 10.1 Å². The maximum atomic E-state index is 12.1. The third-order valence-corrected chi connectivity index (χ3v) is 3.47. The standard InChI is InChI=1S/C16H22N2O2/c1-11(2)16(5,10-17)18-15(19)13(4)20-14-8-6-12(3)7-9-14/h6-9,11,13H,1-5H3,(H,18,19)/t13-,16+/m1/s1. The molecule has 4 nitrogen and oxygen atoms in total. The van der Waals surface area contributed by atoms with Crippen LogP contribution in [0.2, 0.25) is 0 Å². The quantitative estimate of drug-likeness (QED) is 0.898. The van der Waals surface area contributed by atoms with Crippen LogP contribution in [-0.2, 0) is 4.79 Å². The fraction of sp³-hybridized carbons (Fsp3) is 0.500. The normalized spacial score (nSPS) is 15.1. The molecule has 0 unspecified atom stereocenters. The molecule has 0 spiro atoms. The van der Waals surface area contributed by atoms with E-state index in [1.54, 1.807) is 13.8 Å². The van der Waals surface area contributed by atoms with Gasteiger partial charge in [-0.3, -0.25) is 4.79 Å². The number of nitrogens with zero attached hydrogens (tertiary/aromatic N) is 1. The Labute approximate surface area is 120 Å². The molecule has 1 aromatic carbocycles. The van der Waals surface area contributed by atoms with Crippen molar-refractivity contribution < 1.29 is 9.53 Å². The maximum absolute atomic E-state index is 12.1. The van der Waals surface area contributed by atoms with Crippen molar-refractivity contribution >= 4 is 5.91 Å². The van der Waals surface area contributed by atoms with E-state index in [4.69, 9.17) is 4.74 Å². The van der Waals surface area contributed by atoms with Gasteiger partial charge < -0.3 is 10.1 Å². The minimum absolute atomic E-state index is 0.0167. The van der Waals surface area contributed by atoms with Gasteiger partial charge in [0.1, 0.15) is 11.3 Å². The summed E-state index contributed by atoms with van der Waals surface area (Å²) in [6.07, 6.45) is -0.649. The first-order chi connectivity index (χ1) is 9.28. The van der Waals surface area contributed by atoms with E-state index in [9.17, 15) is 10.1 Å². The smallest absolute Gasteiger partial charge is 0.262 e. The molecule has 108 valence electrons. The second-order valence-electron chi connectivity index (χ2n) is 5.53. The highest BCUT2D eigenvalue weighted by atomic mass is 16.5. The van der Waals surface area contributed by atoms with E-state index in [-0.39, 0.29) is 11.8 Å². The number of amides is 1. The predicted octanol–water partition coefficient (Wildman–Crippen LogP) is 2.82. The molecule has 0 bridgehead atoms. The number of benzene rings is 1. The molecule has 1 aromatic rings. The SMILES string of the molecule is Cc1ccc(O[C@H](C)C(=O)N[C@@](C)(C#N)C(C)C)cc1. The number of nitriles is 1. The first kappa shape index (κ1) is 16.0. The van der Waals surface area contributed by atoms with E-state index in [0.29, 0.717) is 5.75 Å². The summed E-state index contributed by atoms with van der Waals surface area (Å²) < 4.78 is 5.58. The number of carbonyl (C=O) groups excluding carboxylic acids is 1. The summed E-state index contributed by atoms with van der Waals surface area (Å²) in [6.45, 7) is 9.17. The average Bonchev–Trinajstić information content (AvgIpc) is 2.40. The van der Waals surface area contributed by atoms with Crippen molar-refractivity contribution in [2.24, 2.45) is 5.92 Å². The van der Waals surface area contributed by atoms with Crippen LogP contribution >= 0.6 is 0 Å². The fourth-order valence-electron chi connectivity index (χ4n) is 1.53. The minimum Gasteiger partial charge on any atom is -0.481 e. The van der Waals surface area contributed by atoms with Gasteiger partial charge in [-0.1, -0.05) is 31.5 Å². The van der Waals surface area contributed by atoms with Gasteiger partial charge in [0.15, 0.2) is 6.10 Å². The highest BCUT2D eigenvalue weighted by molar-refractivity contribution is 5.81. The lowest BCUT2D eigenvalue weighted by atomic mass is 9.90. The molecule has 1 N–H and O–H groups in total. The molecule has 0 aliphatic heterocycles. The van der Waals surface area contributed by atoms with Gasteiger partial charge in [0.05, 0.1) is 6.07 Å². The first-order valence-corrected chi connectivity index (χ1v) is 6.75. The largest absolute Gasteiger partial charge is 0.481 e. The van der Waals surface area contributed by atoms with Crippen molar-refractivity contribution in [2.75, 3.05) is 0 Å². The molecule has 20 heavy (non-hydrogen) atoms. The van der Waals surface area contributed by atoms with Gasteiger partial charge in [-0.25, -0.2) is 0 Å². The molecule has 0 radical (unpaired) electrons. The summed E-state index contributed by atoms with van der Waals surface area (Å²) in [5.41, 5.74) is 0.244.